The number of benzene rings is 1. The maximum atomic E-state index is 12.8. The summed E-state index contributed by atoms with van der Waals surface area (Å²) in [6.07, 6.45) is 1.48. The van der Waals surface area contributed by atoms with Crippen molar-refractivity contribution in [2.24, 2.45) is 0 Å². The van der Waals surface area contributed by atoms with Crippen LogP contribution in [0.4, 0.5) is 0 Å². The van der Waals surface area contributed by atoms with E-state index >= 15 is 0 Å². The SMILES string of the molecule is O=C(c1ccno1)N(CCN1CCOCC1)Cc1ccc2c(c1)OCO2. The normalized spacial score (nSPS) is 16.6. The number of hydrogen-bond donors (Lipinski definition) is 0. The fraction of sp³-hybridized carbons (Fsp3) is 0.444. The highest BCUT2D eigenvalue weighted by atomic mass is 16.7. The third-order valence-electron chi connectivity index (χ3n) is 4.54. The second-order valence-electron chi connectivity index (χ2n) is 6.25. The Morgan fingerprint density at radius 3 is 2.81 bits per heavy atom. The van der Waals surface area contributed by atoms with Gasteiger partial charge in [-0.1, -0.05) is 11.2 Å². The quantitative estimate of drug-likeness (QED) is 0.771. The van der Waals surface area contributed by atoms with Crippen molar-refractivity contribution in [1.29, 1.82) is 0 Å². The fourth-order valence-corrected chi connectivity index (χ4v) is 3.08. The van der Waals surface area contributed by atoms with Crippen LogP contribution in [0.1, 0.15) is 16.1 Å². The smallest absolute Gasteiger partial charge is 0.292 e. The Bertz CT molecular complexity index is 743. The Hall–Kier alpha value is -2.58. The summed E-state index contributed by atoms with van der Waals surface area (Å²) in [5.74, 6) is 1.51. The van der Waals surface area contributed by atoms with Crippen LogP contribution in [0.25, 0.3) is 0 Å². The van der Waals surface area contributed by atoms with Gasteiger partial charge in [0.05, 0.1) is 19.4 Å². The van der Waals surface area contributed by atoms with E-state index in [1.807, 2.05) is 18.2 Å². The summed E-state index contributed by atoms with van der Waals surface area (Å²) >= 11 is 0. The molecule has 1 amide bonds. The van der Waals surface area contributed by atoms with E-state index in [0.29, 0.717) is 18.8 Å². The van der Waals surface area contributed by atoms with Crippen molar-refractivity contribution in [3.05, 3.63) is 41.8 Å². The number of ether oxygens (including phenoxy) is 3. The number of amides is 1. The van der Waals surface area contributed by atoms with Gasteiger partial charge in [0, 0.05) is 38.8 Å². The molecule has 1 aromatic heterocycles. The van der Waals surface area contributed by atoms with E-state index in [1.54, 1.807) is 11.0 Å². The maximum absolute atomic E-state index is 12.8. The van der Waals surface area contributed by atoms with Crippen LogP contribution in [0.5, 0.6) is 11.5 Å². The van der Waals surface area contributed by atoms with Crippen LogP contribution in [0.2, 0.25) is 0 Å². The maximum Gasteiger partial charge on any atom is 0.292 e. The predicted molar refractivity (Wildman–Crippen MR) is 91.1 cm³/mol. The fourth-order valence-electron chi connectivity index (χ4n) is 3.08. The summed E-state index contributed by atoms with van der Waals surface area (Å²) in [5.41, 5.74) is 0.976. The Balaban J connectivity index is 1.47. The van der Waals surface area contributed by atoms with E-state index < -0.39 is 0 Å². The predicted octanol–water partition coefficient (Wildman–Crippen LogP) is 1.38. The van der Waals surface area contributed by atoms with Gasteiger partial charge in [-0.25, -0.2) is 0 Å². The molecule has 0 unspecified atom stereocenters. The molecule has 0 saturated carbocycles. The summed E-state index contributed by atoms with van der Waals surface area (Å²) < 4.78 is 21.2. The summed E-state index contributed by atoms with van der Waals surface area (Å²) in [6.45, 7) is 5.30. The number of rotatable bonds is 6. The lowest BCUT2D eigenvalue weighted by Gasteiger charge is -2.29. The molecule has 8 heteroatoms. The van der Waals surface area contributed by atoms with E-state index in [0.717, 1.165) is 44.2 Å². The Morgan fingerprint density at radius 1 is 1.15 bits per heavy atom. The van der Waals surface area contributed by atoms with E-state index in [1.165, 1.54) is 6.20 Å². The molecule has 26 heavy (non-hydrogen) atoms. The topological polar surface area (TPSA) is 77.3 Å². The molecule has 2 aromatic rings. The lowest BCUT2D eigenvalue weighted by molar-refractivity contribution is 0.0315. The van der Waals surface area contributed by atoms with Crippen LogP contribution in [0.3, 0.4) is 0 Å². The molecule has 4 rings (SSSR count). The second kappa shape index (κ2) is 7.76. The van der Waals surface area contributed by atoms with Crippen molar-refractivity contribution >= 4 is 5.91 Å². The minimum absolute atomic E-state index is 0.173. The molecule has 1 aromatic carbocycles. The molecule has 0 radical (unpaired) electrons. The highest BCUT2D eigenvalue weighted by Gasteiger charge is 2.22. The van der Waals surface area contributed by atoms with Crippen molar-refractivity contribution in [1.82, 2.24) is 15.0 Å². The minimum atomic E-state index is -0.173. The van der Waals surface area contributed by atoms with Gasteiger partial charge in [0.15, 0.2) is 11.5 Å². The Kier molecular flexibility index (Phi) is 5.03. The zero-order chi connectivity index (χ0) is 17.8. The third-order valence-corrected chi connectivity index (χ3v) is 4.54. The molecule has 2 aliphatic heterocycles. The lowest BCUT2D eigenvalue weighted by atomic mass is 10.2. The second-order valence-corrected chi connectivity index (χ2v) is 6.25. The number of fused-ring (bicyclic) bond motifs is 1. The summed E-state index contributed by atoms with van der Waals surface area (Å²) in [4.78, 5) is 16.9. The van der Waals surface area contributed by atoms with Crippen LogP contribution in [0.15, 0.2) is 35.0 Å². The molecule has 8 nitrogen and oxygen atoms in total. The highest BCUT2D eigenvalue weighted by Crippen LogP contribution is 2.32. The first-order valence-corrected chi connectivity index (χ1v) is 8.68. The Labute approximate surface area is 151 Å². The summed E-state index contributed by atoms with van der Waals surface area (Å²) in [5, 5.41) is 3.64. The largest absolute Gasteiger partial charge is 0.454 e. The summed E-state index contributed by atoms with van der Waals surface area (Å²) in [7, 11) is 0. The molecule has 0 aliphatic carbocycles. The average molecular weight is 359 g/mol. The van der Waals surface area contributed by atoms with E-state index in [9.17, 15) is 4.79 Å². The van der Waals surface area contributed by atoms with E-state index in [-0.39, 0.29) is 18.5 Å². The molecule has 3 heterocycles. The third kappa shape index (κ3) is 3.81. The van der Waals surface area contributed by atoms with Gasteiger partial charge in [-0.3, -0.25) is 9.69 Å². The van der Waals surface area contributed by atoms with Gasteiger partial charge < -0.3 is 23.6 Å². The van der Waals surface area contributed by atoms with Crippen molar-refractivity contribution in [2.75, 3.05) is 46.2 Å². The number of aromatic nitrogens is 1. The first kappa shape index (κ1) is 16.9. The molecule has 0 atom stereocenters. The van der Waals surface area contributed by atoms with Crippen LogP contribution in [0, 0.1) is 0 Å². The van der Waals surface area contributed by atoms with Gasteiger partial charge in [-0.15, -0.1) is 0 Å². The zero-order valence-electron chi connectivity index (χ0n) is 14.4. The molecule has 1 fully saturated rings. The number of hydrogen-bond acceptors (Lipinski definition) is 7. The molecule has 2 aliphatic rings. The van der Waals surface area contributed by atoms with Crippen molar-refractivity contribution in [3.8, 4) is 11.5 Å². The number of morpholine rings is 1. The van der Waals surface area contributed by atoms with Crippen LogP contribution < -0.4 is 9.47 Å². The molecule has 1 saturated heterocycles. The first-order chi connectivity index (χ1) is 12.8. The molecule has 138 valence electrons. The van der Waals surface area contributed by atoms with Crippen molar-refractivity contribution in [3.63, 3.8) is 0 Å². The van der Waals surface area contributed by atoms with E-state index in [4.69, 9.17) is 18.7 Å². The van der Waals surface area contributed by atoms with Gasteiger partial charge in [-0.05, 0) is 17.7 Å². The molecule has 0 bridgehead atoms. The van der Waals surface area contributed by atoms with Gasteiger partial charge >= 0.3 is 0 Å². The monoisotopic (exact) mass is 359 g/mol. The molecule has 0 N–H and O–H groups in total. The van der Waals surface area contributed by atoms with E-state index in [2.05, 4.69) is 10.1 Å². The number of carbonyl (C=O) groups is 1. The highest BCUT2D eigenvalue weighted by molar-refractivity contribution is 5.91. The Morgan fingerprint density at radius 2 is 2.00 bits per heavy atom. The standard InChI is InChI=1S/C18H21N3O5/c22-18(16-3-4-19-26-16)21(6-5-20-7-9-23-10-8-20)12-14-1-2-15-17(11-14)25-13-24-15/h1-4,11H,5-10,12-13H2. The van der Waals surface area contributed by atoms with Crippen LogP contribution in [-0.2, 0) is 11.3 Å². The minimum Gasteiger partial charge on any atom is -0.454 e. The van der Waals surface area contributed by atoms with Crippen LogP contribution in [-0.4, -0.2) is 67.0 Å². The van der Waals surface area contributed by atoms with Crippen molar-refractivity contribution in [2.45, 2.75) is 6.54 Å². The molecule has 0 spiro atoms. The van der Waals surface area contributed by atoms with Crippen LogP contribution >= 0.6 is 0 Å². The van der Waals surface area contributed by atoms with Gasteiger partial charge in [0.25, 0.3) is 5.91 Å². The van der Waals surface area contributed by atoms with Gasteiger partial charge in [-0.2, -0.15) is 0 Å². The van der Waals surface area contributed by atoms with Crippen molar-refractivity contribution < 1.29 is 23.5 Å². The number of carbonyl (C=O) groups excluding carboxylic acids is 1. The molecular weight excluding hydrogens is 338 g/mol. The summed E-state index contributed by atoms with van der Waals surface area (Å²) in [6, 6.07) is 7.32. The lowest BCUT2D eigenvalue weighted by Crippen LogP contribution is -2.42. The first-order valence-electron chi connectivity index (χ1n) is 8.68. The molecular formula is C18H21N3O5. The zero-order valence-corrected chi connectivity index (χ0v) is 14.4. The van der Waals surface area contributed by atoms with Gasteiger partial charge in [0.2, 0.25) is 12.6 Å². The number of nitrogens with zero attached hydrogens (tertiary/aromatic N) is 3. The average Bonchev–Trinajstić information content (AvgIpc) is 3.36. The van der Waals surface area contributed by atoms with Gasteiger partial charge in [0.1, 0.15) is 0 Å².